The molecule has 0 aliphatic rings. The molecule has 0 aliphatic heterocycles. The third-order valence-electron chi connectivity index (χ3n) is 2.22. The molecule has 1 heterocycles. The molecule has 2 aromatic rings. The van der Waals surface area contributed by atoms with E-state index in [4.69, 9.17) is 32.7 Å². The first-order chi connectivity index (χ1) is 8.97. The van der Waals surface area contributed by atoms with Gasteiger partial charge < -0.3 is 14.8 Å². The lowest BCUT2D eigenvalue weighted by atomic mass is 10.3. The summed E-state index contributed by atoms with van der Waals surface area (Å²) in [4.78, 5) is 22.4. The van der Waals surface area contributed by atoms with Crippen LogP contribution in [0.4, 0.5) is 5.69 Å². The average molecular weight is 300 g/mol. The predicted octanol–water partition coefficient (Wildman–Crippen LogP) is 3.54. The molecule has 0 radical (unpaired) electrons. The van der Waals surface area contributed by atoms with E-state index in [1.54, 1.807) is 6.07 Å². The Labute approximate surface area is 117 Å². The van der Waals surface area contributed by atoms with Gasteiger partial charge in [-0.2, -0.15) is 0 Å². The van der Waals surface area contributed by atoms with Crippen molar-refractivity contribution in [1.82, 2.24) is 0 Å². The highest BCUT2D eigenvalue weighted by atomic mass is 35.5. The molecule has 0 saturated heterocycles. The van der Waals surface area contributed by atoms with Gasteiger partial charge in [-0.05, 0) is 30.3 Å². The lowest BCUT2D eigenvalue weighted by Gasteiger charge is -2.05. The van der Waals surface area contributed by atoms with Crippen molar-refractivity contribution in [2.45, 2.75) is 0 Å². The van der Waals surface area contributed by atoms with E-state index in [-0.39, 0.29) is 16.5 Å². The van der Waals surface area contributed by atoms with Gasteiger partial charge in [0.05, 0.1) is 10.7 Å². The summed E-state index contributed by atoms with van der Waals surface area (Å²) in [5.41, 5.74) is 0.351. The van der Waals surface area contributed by atoms with E-state index in [9.17, 15) is 9.59 Å². The quantitative estimate of drug-likeness (QED) is 0.908. The fraction of sp³-hybridized carbons (Fsp3) is 0. The van der Waals surface area contributed by atoms with Gasteiger partial charge in [0.15, 0.2) is 5.76 Å². The molecule has 0 saturated carbocycles. The zero-order chi connectivity index (χ0) is 14.0. The number of carboxylic acid groups (broad SMARTS) is 1. The Morgan fingerprint density at radius 1 is 1.11 bits per heavy atom. The van der Waals surface area contributed by atoms with Crippen LogP contribution in [0.3, 0.4) is 0 Å². The van der Waals surface area contributed by atoms with Crippen molar-refractivity contribution in [2.24, 2.45) is 0 Å². The van der Waals surface area contributed by atoms with Crippen LogP contribution in [-0.4, -0.2) is 17.0 Å². The van der Waals surface area contributed by atoms with Crippen LogP contribution in [-0.2, 0) is 0 Å². The molecule has 19 heavy (non-hydrogen) atoms. The van der Waals surface area contributed by atoms with E-state index in [1.165, 1.54) is 24.3 Å². The maximum Gasteiger partial charge on any atom is 0.371 e. The van der Waals surface area contributed by atoms with Crippen molar-refractivity contribution in [2.75, 3.05) is 5.32 Å². The van der Waals surface area contributed by atoms with E-state index < -0.39 is 11.9 Å². The Bertz CT molecular complexity index is 651. The largest absolute Gasteiger partial charge is 0.475 e. The van der Waals surface area contributed by atoms with Gasteiger partial charge in [-0.15, -0.1) is 0 Å². The maximum absolute atomic E-state index is 11.8. The molecule has 1 aromatic carbocycles. The molecule has 1 aromatic heterocycles. The third kappa shape index (κ3) is 3.07. The third-order valence-corrected chi connectivity index (χ3v) is 2.77. The van der Waals surface area contributed by atoms with Crippen LogP contribution < -0.4 is 5.32 Å². The number of nitrogens with one attached hydrogen (secondary N) is 1. The fourth-order valence-corrected chi connectivity index (χ4v) is 1.81. The summed E-state index contributed by atoms with van der Waals surface area (Å²) < 4.78 is 4.86. The first kappa shape index (κ1) is 13.5. The highest BCUT2D eigenvalue weighted by molar-refractivity contribution is 6.36. The van der Waals surface area contributed by atoms with Crippen molar-refractivity contribution in [3.63, 3.8) is 0 Å². The van der Waals surface area contributed by atoms with Gasteiger partial charge in [-0.25, -0.2) is 4.79 Å². The number of carboxylic acids is 1. The standard InChI is InChI=1S/C12H7Cl2NO4/c13-6-1-2-8(7(14)5-6)15-11(16)9-3-4-10(19-9)12(17)18/h1-5H,(H,15,16)(H,17,18). The molecular formula is C12H7Cl2NO4. The SMILES string of the molecule is O=C(O)c1ccc(C(=O)Nc2ccc(Cl)cc2Cl)o1. The number of anilines is 1. The predicted molar refractivity (Wildman–Crippen MR) is 70.1 cm³/mol. The van der Waals surface area contributed by atoms with Crippen LogP contribution in [0.15, 0.2) is 34.7 Å². The Morgan fingerprint density at radius 3 is 2.37 bits per heavy atom. The first-order valence-corrected chi connectivity index (χ1v) is 5.82. The minimum atomic E-state index is -1.25. The van der Waals surface area contributed by atoms with E-state index in [0.29, 0.717) is 10.7 Å². The van der Waals surface area contributed by atoms with Crippen LogP contribution in [0.2, 0.25) is 10.0 Å². The molecule has 2 rings (SSSR count). The summed E-state index contributed by atoms with van der Waals surface area (Å²) >= 11 is 11.6. The van der Waals surface area contributed by atoms with Gasteiger partial charge in [0, 0.05) is 5.02 Å². The number of furan rings is 1. The number of aromatic carboxylic acids is 1. The van der Waals surface area contributed by atoms with Crippen molar-refractivity contribution < 1.29 is 19.1 Å². The molecule has 5 nitrogen and oxygen atoms in total. The number of benzene rings is 1. The van der Waals surface area contributed by atoms with Gasteiger partial charge >= 0.3 is 5.97 Å². The van der Waals surface area contributed by atoms with E-state index in [0.717, 1.165) is 0 Å². The van der Waals surface area contributed by atoms with Crippen molar-refractivity contribution >= 4 is 40.8 Å². The van der Waals surface area contributed by atoms with Crippen LogP contribution in [0, 0.1) is 0 Å². The number of hydrogen-bond acceptors (Lipinski definition) is 3. The van der Waals surface area contributed by atoms with Gasteiger partial charge in [0.25, 0.3) is 5.91 Å². The Morgan fingerprint density at radius 2 is 1.79 bits per heavy atom. The molecule has 0 unspecified atom stereocenters. The monoisotopic (exact) mass is 299 g/mol. The summed E-state index contributed by atoms with van der Waals surface area (Å²) in [6.07, 6.45) is 0. The highest BCUT2D eigenvalue weighted by Gasteiger charge is 2.15. The zero-order valence-corrected chi connectivity index (χ0v) is 10.8. The van der Waals surface area contributed by atoms with Gasteiger partial charge in [-0.3, -0.25) is 4.79 Å². The summed E-state index contributed by atoms with van der Waals surface area (Å²) in [6.45, 7) is 0. The van der Waals surface area contributed by atoms with E-state index >= 15 is 0 Å². The van der Waals surface area contributed by atoms with Crippen LogP contribution in [0.25, 0.3) is 0 Å². The molecule has 1 amide bonds. The molecule has 0 aliphatic carbocycles. The summed E-state index contributed by atoms with van der Waals surface area (Å²) in [5.74, 6) is -2.28. The zero-order valence-electron chi connectivity index (χ0n) is 9.31. The summed E-state index contributed by atoms with van der Waals surface area (Å²) in [5, 5.41) is 11.9. The van der Waals surface area contributed by atoms with Crippen molar-refractivity contribution in [3.05, 3.63) is 51.9 Å². The molecule has 98 valence electrons. The molecule has 7 heteroatoms. The minimum absolute atomic E-state index is 0.122. The summed E-state index contributed by atoms with van der Waals surface area (Å²) in [7, 11) is 0. The van der Waals surface area contributed by atoms with Gasteiger partial charge in [0.1, 0.15) is 0 Å². The second kappa shape index (κ2) is 5.34. The second-order valence-electron chi connectivity index (χ2n) is 3.55. The van der Waals surface area contributed by atoms with Crippen LogP contribution in [0.5, 0.6) is 0 Å². The average Bonchev–Trinajstić information content (AvgIpc) is 2.82. The topological polar surface area (TPSA) is 79.5 Å². The number of carbonyl (C=O) groups excluding carboxylic acids is 1. The molecule has 0 fully saturated rings. The first-order valence-electron chi connectivity index (χ1n) is 5.07. The number of amides is 1. The number of carbonyl (C=O) groups is 2. The normalized spacial score (nSPS) is 10.2. The minimum Gasteiger partial charge on any atom is -0.475 e. The van der Waals surface area contributed by atoms with Gasteiger partial charge in [0.2, 0.25) is 5.76 Å². The lowest BCUT2D eigenvalue weighted by molar-refractivity contribution is 0.0660. The smallest absolute Gasteiger partial charge is 0.371 e. The molecule has 2 N–H and O–H groups in total. The molecule has 0 atom stereocenters. The Kier molecular flexibility index (Phi) is 3.78. The Balaban J connectivity index is 2.18. The Hall–Kier alpha value is -1.98. The summed E-state index contributed by atoms with van der Waals surface area (Å²) in [6, 6.07) is 7.03. The van der Waals surface area contributed by atoms with Crippen molar-refractivity contribution in [1.29, 1.82) is 0 Å². The number of rotatable bonds is 3. The van der Waals surface area contributed by atoms with Crippen LogP contribution >= 0.6 is 23.2 Å². The lowest BCUT2D eigenvalue weighted by Crippen LogP contribution is -2.11. The molecular weight excluding hydrogens is 293 g/mol. The van der Waals surface area contributed by atoms with Gasteiger partial charge in [-0.1, -0.05) is 23.2 Å². The number of halogens is 2. The molecule has 0 bridgehead atoms. The van der Waals surface area contributed by atoms with Crippen LogP contribution in [0.1, 0.15) is 21.1 Å². The second-order valence-corrected chi connectivity index (χ2v) is 4.39. The van der Waals surface area contributed by atoms with E-state index in [2.05, 4.69) is 5.32 Å². The highest BCUT2D eigenvalue weighted by Crippen LogP contribution is 2.25. The molecule has 0 spiro atoms. The van der Waals surface area contributed by atoms with Crippen molar-refractivity contribution in [3.8, 4) is 0 Å². The number of hydrogen-bond donors (Lipinski definition) is 2. The fourth-order valence-electron chi connectivity index (χ4n) is 1.35. The maximum atomic E-state index is 11.8. The van der Waals surface area contributed by atoms with E-state index in [1.807, 2.05) is 0 Å².